The number of rotatable bonds is 8. The number of benzene rings is 2. The van der Waals surface area contributed by atoms with Crippen LogP contribution in [0.5, 0.6) is 11.5 Å². The minimum Gasteiger partial charge on any atom is -0.494 e. The third kappa shape index (κ3) is 5.47. The van der Waals surface area contributed by atoms with Gasteiger partial charge in [-0.1, -0.05) is 11.6 Å². The van der Waals surface area contributed by atoms with Crippen LogP contribution in [0.3, 0.4) is 0 Å². The Labute approximate surface area is 135 Å². The largest absolute Gasteiger partial charge is 0.494 e. The van der Waals surface area contributed by atoms with Crippen molar-refractivity contribution in [1.29, 1.82) is 0 Å². The third-order valence-corrected chi connectivity index (χ3v) is 3.22. The summed E-state index contributed by atoms with van der Waals surface area (Å²) in [4.78, 5) is 0. The van der Waals surface area contributed by atoms with Gasteiger partial charge in [0.1, 0.15) is 24.2 Å². The number of aliphatic hydroxyl groups is 1. The first-order chi connectivity index (χ1) is 10.7. The fourth-order valence-electron chi connectivity index (χ4n) is 1.85. The Balaban J connectivity index is 1.72. The lowest BCUT2D eigenvalue weighted by Gasteiger charge is -2.14. The summed E-state index contributed by atoms with van der Waals surface area (Å²) in [6, 6.07) is 14.7. The zero-order chi connectivity index (χ0) is 15.8. The van der Waals surface area contributed by atoms with E-state index in [9.17, 15) is 5.11 Å². The standard InChI is InChI=1S/C17H20ClNO3/c1-2-21-16-9-5-14(6-10-16)19-11-15(20)12-22-17-7-3-13(18)4-8-17/h3-10,15,19-20H,2,11-12H2,1H3/t15-/m0/s1. The van der Waals surface area contributed by atoms with Gasteiger partial charge in [-0.25, -0.2) is 0 Å². The predicted molar refractivity (Wildman–Crippen MR) is 89.1 cm³/mol. The van der Waals surface area contributed by atoms with Crippen LogP contribution in [0.25, 0.3) is 0 Å². The van der Waals surface area contributed by atoms with Gasteiger partial charge in [0.05, 0.1) is 6.61 Å². The van der Waals surface area contributed by atoms with Crippen LogP contribution in [-0.4, -0.2) is 31.0 Å². The summed E-state index contributed by atoms with van der Waals surface area (Å²) < 4.78 is 10.9. The molecular formula is C17H20ClNO3. The third-order valence-electron chi connectivity index (χ3n) is 2.96. The maximum Gasteiger partial charge on any atom is 0.119 e. The Morgan fingerprint density at radius 1 is 1.00 bits per heavy atom. The van der Waals surface area contributed by atoms with Crippen molar-refractivity contribution in [3.63, 3.8) is 0 Å². The van der Waals surface area contributed by atoms with E-state index in [0.29, 0.717) is 23.9 Å². The van der Waals surface area contributed by atoms with Crippen molar-refractivity contribution in [2.24, 2.45) is 0 Å². The van der Waals surface area contributed by atoms with E-state index < -0.39 is 6.10 Å². The predicted octanol–water partition coefficient (Wildman–Crippen LogP) is 3.59. The number of nitrogens with one attached hydrogen (secondary N) is 1. The molecule has 0 heterocycles. The molecule has 1 atom stereocenters. The zero-order valence-electron chi connectivity index (χ0n) is 12.5. The summed E-state index contributed by atoms with van der Waals surface area (Å²) in [6.45, 7) is 3.21. The lowest BCUT2D eigenvalue weighted by molar-refractivity contribution is 0.117. The maximum atomic E-state index is 9.93. The molecule has 2 N–H and O–H groups in total. The van der Waals surface area contributed by atoms with Crippen molar-refractivity contribution in [3.05, 3.63) is 53.6 Å². The Hall–Kier alpha value is -1.91. The van der Waals surface area contributed by atoms with E-state index >= 15 is 0 Å². The molecular weight excluding hydrogens is 302 g/mol. The molecule has 0 saturated carbocycles. The van der Waals surface area contributed by atoms with Crippen molar-refractivity contribution in [2.45, 2.75) is 13.0 Å². The molecule has 2 aromatic rings. The first-order valence-corrected chi connectivity index (χ1v) is 7.58. The Morgan fingerprint density at radius 2 is 1.59 bits per heavy atom. The Bertz CT molecular complexity index is 557. The average molecular weight is 322 g/mol. The molecule has 22 heavy (non-hydrogen) atoms. The van der Waals surface area contributed by atoms with Gasteiger partial charge >= 0.3 is 0 Å². The average Bonchev–Trinajstić information content (AvgIpc) is 2.54. The highest BCUT2D eigenvalue weighted by Crippen LogP contribution is 2.17. The van der Waals surface area contributed by atoms with Crippen molar-refractivity contribution in [2.75, 3.05) is 25.1 Å². The molecule has 0 aliphatic carbocycles. The Kier molecular flexibility index (Phi) is 6.37. The summed E-state index contributed by atoms with van der Waals surface area (Å²) in [6.07, 6.45) is -0.609. The molecule has 4 nitrogen and oxygen atoms in total. The number of ether oxygens (including phenoxy) is 2. The van der Waals surface area contributed by atoms with Crippen LogP contribution in [0.1, 0.15) is 6.92 Å². The van der Waals surface area contributed by atoms with Gasteiger partial charge in [0, 0.05) is 17.3 Å². The molecule has 0 aromatic heterocycles. The van der Waals surface area contributed by atoms with Crippen LogP contribution in [0.2, 0.25) is 5.02 Å². The normalized spacial score (nSPS) is 11.8. The second-order valence-corrected chi connectivity index (χ2v) is 5.19. The molecule has 0 aliphatic heterocycles. The number of aliphatic hydroxyl groups excluding tert-OH is 1. The summed E-state index contributed by atoms with van der Waals surface area (Å²) in [5.74, 6) is 1.52. The van der Waals surface area contributed by atoms with Crippen LogP contribution in [0.4, 0.5) is 5.69 Å². The molecule has 2 aromatic carbocycles. The molecule has 0 unspecified atom stereocenters. The van der Waals surface area contributed by atoms with Crippen LogP contribution < -0.4 is 14.8 Å². The summed E-state index contributed by atoms with van der Waals surface area (Å²) in [5.41, 5.74) is 0.925. The van der Waals surface area contributed by atoms with Gasteiger partial charge in [0.2, 0.25) is 0 Å². The van der Waals surface area contributed by atoms with E-state index in [4.69, 9.17) is 21.1 Å². The molecule has 0 bridgehead atoms. The molecule has 0 saturated heterocycles. The molecule has 5 heteroatoms. The van der Waals surface area contributed by atoms with Crippen LogP contribution >= 0.6 is 11.6 Å². The minimum atomic E-state index is -0.609. The van der Waals surface area contributed by atoms with E-state index in [1.165, 1.54) is 0 Å². The SMILES string of the molecule is CCOc1ccc(NC[C@H](O)COc2ccc(Cl)cc2)cc1. The van der Waals surface area contributed by atoms with Gasteiger partial charge in [-0.3, -0.25) is 0 Å². The van der Waals surface area contributed by atoms with Crippen LogP contribution in [0.15, 0.2) is 48.5 Å². The highest BCUT2D eigenvalue weighted by Gasteiger charge is 2.05. The highest BCUT2D eigenvalue weighted by atomic mass is 35.5. The molecule has 2 rings (SSSR count). The van der Waals surface area contributed by atoms with E-state index in [2.05, 4.69) is 5.32 Å². The van der Waals surface area contributed by atoms with Gasteiger partial charge in [-0.2, -0.15) is 0 Å². The first kappa shape index (κ1) is 16.5. The Morgan fingerprint density at radius 3 is 2.23 bits per heavy atom. The first-order valence-electron chi connectivity index (χ1n) is 7.20. The summed E-state index contributed by atoms with van der Waals surface area (Å²) in [7, 11) is 0. The molecule has 118 valence electrons. The van der Waals surface area contributed by atoms with Gasteiger partial charge in [0.25, 0.3) is 0 Å². The maximum absolute atomic E-state index is 9.93. The second kappa shape index (κ2) is 8.51. The number of hydrogen-bond donors (Lipinski definition) is 2. The topological polar surface area (TPSA) is 50.7 Å². The fraction of sp³-hybridized carbons (Fsp3) is 0.294. The lowest BCUT2D eigenvalue weighted by atomic mass is 10.3. The monoisotopic (exact) mass is 321 g/mol. The van der Waals surface area contributed by atoms with Gasteiger partial charge in [-0.15, -0.1) is 0 Å². The molecule has 0 aliphatic rings. The second-order valence-electron chi connectivity index (χ2n) is 4.76. The summed E-state index contributed by atoms with van der Waals surface area (Å²) >= 11 is 5.80. The highest BCUT2D eigenvalue weighted by molar-refractivity contribution is 6.30. The van der Waals surface area contributed by atoms with Crippen molar-refractivity contribution in [3.8, 4) is 11.5 Å². The lowest BCUT2D eigenvalue weighted by Crippen LogP contribution is -2.26. The van der Waals surface area contributed by atoms with E-state index in [1.807, 2.05) is 31.2 Å². The van der Waals surface area contributed by atoms with E-state index in [0.717, 1.165) is 11.4 Å². The van der Waals surface area contributed by atoms with Crippen LogP contribution in [0, 0.1) is 0 Å². The van der Waals surface area contributed by atoms with E-state index in [-0.39, 0.29) is 6.61 Å². The molecule has 0 amide bonds. The van der Waals surface area contributed by atoms with Crippen LogP contribution in [-0.2, 0) is 0 Å². The molecule has 0 spiro atoms. The quantitative estimate of drug-likeness (QED) is 0.780. The minimum absolute atomic E-state index is 0.214. The van der Waals surface area contributed by atoms with Crippen molar-refractivity contribution >= 4 is 17.3 Å². The van der Waals surface area contributed by atoms with E-state index in [1.54, 1.807) is 24.3 Å². The smallest absolute Gasteiger partial charge is 0.119 e. The van der Waals surface area contributed by atoms with Crippen molar-refractivity contribution < 1.29 is 14.6 Å². The molecule has 0 radical (unpaired) electrons. The molecule has 0 fully saturated rings. The number of anilines is 1. The summed E-state index contributed by atoms with van der Waals surface area (Å²) in [5, 5.41) is 13.7. The van der Waals surface area contributed by atoms with Gasteiger partial charge in [-0.05, 0) is 55.5 Å². The fourth-order valence-corrected chi connectivity index (χ4v) is 1.98. The van der Waals surface area contributed by atoms with Crippen molar-refractivity contribution in [1.82, 2.24) is 0 Å². The van der Waals surface area contributed by atoms with Gasteiger partial charge in [0.15, 0.2) is 0 Å². The number of halogens is 1. The number of hydrogen-bond acceptors (Lipinski definition) is 4. The zero-order valence-corrected chi connectivity index (χ0v) is 13.2. The van der Waals surface area contributed by atoms with Gasteiger partial charge < -0.3 is 19.9 Å².